The third-order valence-electron chi connectivity index (χ3n) is 5.19. The molecule has 1 fully saturated rings. The van der Waals surface area contributed by atoms with E-state index in [1.165, 1.54) is 0 Å². The summed E-state index contributed by atoms with van der Waals surface area (Å²) >= 11 is 0. The highest BCUT2D eigenvalue weighted by atomic mass is 16.5. The fourth-order valence-corrected chi connectivity index (χ4v) is 3.98. The van der Waals surface area contributed by atoms with Crippen molar-refractivity contribution in [2.45, 2.75) is 18.4 Å². The van der Waals surface area contributed by atoms with Crippen molar-refractivity contribution >= 4 is 17.6 Å². The first kappa shape index (κ1) is 15.2. The molecule has 0 unspecified atom stereocenters. The second kappa shape index (κ2) is 5.94. The predicted molar refractivity (Wildman–Crippen MR) is 88.2 cm³/mol. The molecule has 2 N–H and O–H groups in total. The van der Waals surface area contributed by atoms with Crippen LogP contribution in [0.15, 0.2) is 30.4 Å². The number of carbonyl (C=O) groups is 2. The average Bonchev–Trinajstić information content (AvgIpc) is 3.10. The molecular weight excluding hydrogens is 308 g/mol. The highest BCUT2D eigenvalue weighted by Gasteiger charge is 2.42. The molecule has 1 aliphatic carbocycles. The third kappa shape index (κ3) is 2.38. The molecule has 3 atom stereocenters. The van der Waals surface area contributed by atoms with Crippen molar-refractivity contribution in [1.29, 1.82) is 0 Å². The van der Waals surface area contributed by atoms with Crippen molar-refractivity contribution in [2.75, 3.05) is 31.6 Å². The number of nitrogens with one attached hydrogen (secondary N) is 1. The predicted octanol–water partition coefficient (Wildman–Crippen LogP) is 1.70. The Bertz CT molecular complexity index is 709. The number of amides is 1. The number of allylic oxidation sites excluding steroid dienone is 2. The van der Waals surface area contributed by atoms with Crippen LogP contribution in [0.2, 0.25) is 0 Å². The van der Waals surface area contributed by atoms with Crippen molar-refractivity contribution in [3.05, 3.63) is 41.5 Å². The summed E-state index contributed by atoms with van der Waals surface area (Å²) in [6.07, 6.45) is 4.86. The maximum absolute atomic E-state index is 12.9. The summed E-state index contributed by atoms with van der Waals surface area (Å²) in [4.78, 5) is 26.4. The van der Waals surface area contributed by atoms with E-state index in [1.54, 1.807) is 11.0 Å². The lowest BCUT2D eigenvalue weighted by atomic mass is 9.78. The van der Waals surface area contributed by atoms with Gasteiger partial charge in [-0.25, -0.2) is 4.79 Å². The molecule has 4 rings (SSSR count). The zero-order chi connectivity index (χ0) is 16.7. The van der Waals surface area contributed by atoms with Gasteiger partial charge in [-0.1, -0.05) is 24.3 Å². The van der Waals surface area contributed by atoms with Crippen LogP contribution in [0.1, 0.15) is 28.3 Å². The van der Waals surface area contributed by atoms with Crippen LogP contribution in [0.25, 0.3) is 0 Å². The van der Waals surface area contributed by atoms with E-state index < -0.39 is 12.0 Å². The van der Waals surface area contributed by atoms with Crippen LogP contribution in [0.5, 0.6) is 0 Å². The first-order valence-corrected chi connectivity index (χ1v) is 8.33. The second-order valence-electron chi connectivity index (χ2n) is 6.49. The third-order valence-corrected chi connectivity index (χ3v) is 5.19. The van der Waals surface area contributed by atoms with Crippen LogP contribution in [0.4, 0.5) is 5.69 Å². The molecule has 3 aliphatic rings. The highest BCUT2D eigenvalue weighted by Crippen LogP contribution is 2.45. The van der Waals surface area contributed by atoms with Crippen LogP contribution in [0.3, 0.4) is 0 Å². The Morgan fingerprint density at radius 3 is 2.79 bits per heavy atom. The van der Waals surface area contributed by atoms with Gasteiger partial charge in [-0.2, -0.15) is 0 Å². The number of fused-ring (bicyclic) bond motifs is 3. The minimum absolute atomic E-state index is 0.00346. The molecule has 1 aromatic carbocycles. The van der Waals surface area contributed by atoms with E-state index in [0.717, 1.165) is 12.0 Å². The number of ether oxygens (including phenoxy) is 1. The lowest BCUT2D eigenvalue weighted by Gasteiger charge is -2.36. The summed E-state index contributed by atoms with van der Waals surface area (Å²) in [6.45, 7) is 2.21. The minimum Gasteiger partial charge on any atom is -0.480 e. The number of anilines is 1. The van der Waals surface area contributed by atoms with Crippen molar-refractivity contribution in [1.82, 2.24) is 4.90 Å². The number of hydrogen-bond donors (Lipinski definition) is 2. The molecule has 24 heavy (non-hydrogen) atoms. The molecule has 1 aromatic rings. The van der Waals surface area contributed by atoms with Gasteiger partial charge in [0.1, 0.15) is 6.04 Å². The summed E-state index contributed by atoms with van der Waals surface area (Å²) in [5.74, 6) is -0.872. The number of carboxylic acids is 1. The van der Waals surface area contributed by atoms with Crippen molar-refractivity contribution in [3.8, 4) is 0 Å². The number of carbonyl (C=O) groups excluding carboxylic acids is 1. The summed E-state index contributed by atoms with van der Waals surface area (Å²) in [5, 5.41) is 12.7. The van der Waals surface area contributed by atoms with Crippen LogP contribution in [-0.2, 0) is 9.53 Å². The fraction of sp³-hybridized carbons (Fsp3) is 0.444. The Labute approximate surface area is 140 Å². The normalized spacial score (nSPS) is 28.0. The maximum atomic E-state index is 12.9. The maximum Gasteiger partial charge on any atom is 0.326 e. The van der Waals surface area contributed by atoms with Gasteiger partial charge in [0, 0.05) is 24.9 Å². The van der Waals surface area contributed by atoms with Crippen LogP contribution < -0.4 is 5.32 Å². The smallest absolute Gasteiger partial charge is 0.326 e. The van der Waals surface area contributed by atoms with Crippen molar-refractivity contribution < 1.29 is 19.4 Å². The second-order valence-corrected chi connectivity index (χ2v) is 6.49. The van der Waals surface area contributed by atoms with Gasteiger partial charge in [0.2, 0.25) is 0 Å². The van der Waals surface area contributed by atoms with Crippen LogP contribution in [0, 0.1) is 5.92 Å². The largest absolute Gasteiger partial charge is 0.480 e. The summed E-state index contributed by atoms with van der Waals surface area (Å²) in [7, 11) is 0. The Morgan fingerprint density at radius 2 is 2.04 bits per heavy atom. The number of carboxylic acid groups (broad SMARTS) is 1. The van der Waals surface area contributed by atoms with Crippen LogP contribution in [-0.4, -0.2) is 54.2 Å². The number of rotatable bonds is 2. The number of aliphatic carboxylic acids is 1. The molecule has 0 spiro atoms. The van der Waals surface area contributed by atoms with E-state index in [1.807, 2.05) is 18.2 Å². The Kier molecular flexibility index (Phi) is 3.76. The molecule has 0 radical (unpaired) electrons. The lowest BCUT2D eigenvalue weighted by molar-refractivity contribution is -0.139. The van der Waals surface area contributed by atoms with Crippen molar-refractivity contribution in [2.24, 2.45) is 5.92 Å². The summed E-state index contributed by atoms with van der Waals surface area (Å²) < 4.78 is 5.31. The Balaban J connectivity index is 1.73. The standard InChI is InChI=1S/C18H20N2O4/c21-17(20-7-9-24-10-8-20)14-6-2-4-12-11-3-1-5-13(11)16(18(22)23)19-15(12)14/h1-4,6,11,13,16,19H,5,7-10H2,(H,22,23)/t11-,13-,16+/m1/s1. The Morgan fingerprint density at radius 1 is 1.25 bits per heavy atom. The van der Waals surface area contributed by atoms with Gasteiger partial charge in [0.15, 0.2) is 0 Å². The van der Waals surface area contributed by atoms with E-state index in [2.05, 4.69) is 11.4 Å². The molecule has 1 saturated heterocycles. The minimum atomic E-state index is -0.868. The molecule has 6 heteroatoms. The average molecular weight is 328 g/mol. The fourth-order valence-electron chi connectivity index (χ4n) is 3.98. The van der Waals surface area contributed by atoms with Gasteiger partial charge in [0.25, 0.3) is 5.91 Å². The van der Waals surface area contributed by atoms with Gasteiger partial charge < -0.3 is 20.1 Å². The van der Waals surface area contributed by atoms with E-state index >= 15 is 0 Å². The number of nitrogens with zero attached hydrogens (tertiary/aromatic N) is 1. The Hall–Kier alpha value is -2.34. The first-order chi connectivity index (χ1) is 11.7. The zero-order valence-electron chi connectivity index (χ0n) is 13.3. The molecule has 0 aromatic heterocycles. The number of morpholine rings is 1. The van der Waals surface area contributed by atoms with E-state index in [0.29, 0.717) is 37.6 Å². The number of hydrogen-bond acceptors (Lipinski definition) is 4. The van der Waals surface area contributed by atoms with Gasteiger partial charge in [-0.05, 0) is 18.1 Å². The number of benzene rings is 1. The molecule has 2 heterocycles. The highest BCUT2D eigenvalue weighted by molar-refractivity contribution is 6.01. The van der Waals surface area contributed by atoms with Gasteiger partial charge in [-0.3, -0.25) is 4.79 Å². The van der Waals surface area contributed by atoms with E-state index in [-0.39, 0.29) is 17.7 Å². The molecule has 0 bridgehead atoms. The van der Waals surface area contributed by atoms with Gasteiger partial charge in [-0.15, -0.1) is 0 Å². The topological polar surface area (TPSA) is 78.9 Å². The van der Waals surface area contributed by atoms with E-state index in [9.17, 15) is 14.7 Å². The molecular formula is C18H20N2O4. The summed E-state index contributed by atoms with van der Waals surface area (Å²) in [5.41, 5.74) is 2.25. The quantitative estimate of drug-likeness (QED) is 0.808. The SMILES string of the molecule is O=C(O)[C@H]1Nc2c(C(=O)N3CCOCC3)cccc2[C@H]2C=CC[C@@H]12. The lowest BCUT2D eigenvalue weighted by Crippen LogP contribution is -2.44. The first-order valence-electron chi connectivity index (χ1n) is 8.33. The number of para-hydroxylation sites is 1. The molecule has 6 nitrogen and oxygen atoms in total. The monoisotopic (exact) mass is 328 g/mol. The van der Waals surface area contributed by atoms with Crippen molar-refractivity contribution in [3.63, 3.8) is 0 Å². The van der Waals surface area contributed by atoms with Crippen LogP contribution >= 0.6 is 0 Å². The zero-order valence-corrected chi connectivity index (χ0v) is 13.3. The molecule has 0 saturated carbocycles. The van der Waals surface area contributed by atoms with Gasteiger partial charge >= 0.3 is 5.97 Å². The molecule has 2 aliphatic heterocycles. The molecule has 1 amide bonds. The van der Waals surface area contributed by atoms with E-state index in [4.69, 9.17) is 4.74 Å². The summed E-state index contributed by atoms with van der Waals surface area (Å²) in [6, 6.07) is 4.99. The van der Waals surface area contributed by atoms with Gasteiger partial charge in [0.05, 0.1) is 24.5 Å². The molecule has 126 valence electrons.